The van der Waals surface area contributed by atoms with Crippen LogP contribution >= 0.6 is 0 Å². The lowest BCUT2D eigenvalue weighted by Gasteiger charge is -2.26. The first-order chi connectivity index (χ1) is 23.1. The van der Waals surface area contributed by atoms with Gasteiger partial charge in [-0.1, -0.05) is 107 Å². The van der Waals surface area contributed by atoms with Crippen molar-refractivity contribution in [2.75, 3.05) is 17.3 Å². The molecule has 0 aromatic heterocycles. The SMILES string of the molecule is CCCS(=O)(=O)N1Cc2cccc(c2)CN(S(=O)(=O)CCC(C)C)Cc2cccc(c2)CN(S(=O)(=O)CCC(C)C)Cc2cccc(c2)C1. The Labute approximate surface area is 295 Å². The molecule has 3 aromatic rings. The molecular weight excluding hydrogens is 679 g/mol. The van der Waals surface area contributed by atoms with E-state index in [-0.39, 0.29) is 68.4 Å². The maximum Gasteiger partial charge on any atom is 0.214 e. The molecule has 0 amide bonds. The fourth-order valence-corrected chi connectivity index (χ4v) is 10.8. The lowest BCUT2D eigenvalue weighted by atomic mass is 10.1. The Bertz CT molecular complexity index is 1760. The number of benzene rings is 3. The molecule has 0 saturated carbocycles. The maximum atomic E-state index is 13.8. The van der Waals surface area contributed by atoms with Crippen LogP contribution in [0.5, 0.6) is 0 Å². The summed E-state index contributed by atoms with van der Waals surface area (Å²) in [6, 6.07) is 22.5. The summed E-state index contributed by atoms with van der Waals surface area (Å²) < 4.78 is 86.8. The van der Waals surface area contributed by atoms with E-state index in [1.54, 1.807) is 0 Å². The molecule has 0 fully saturated rings. The molecule has 270 valence electrons. The minimum atomic E-state index is -3.67. The first-order valence-corrected chi connectivity index (χ1v) is 22.1. The second-order valence-corrected chi connectivity index (χ2v) is 20.3. The summed E-state index contributed by atoms with van der Waals surface area (Å²) in [6.45, 7) is 10.6. The quantitative estimate of drug-likeness (QED) is 0.223. The van der Waals surface area contributed by atoms with Crippen LogP contribution in [-0.4, -0.2) is 55.4 Å². The van der Waals surface area contributed by atoms with E-state index in [2.05, 4.69) is 0 Å². The van der Waals surface area contributed by atoms with Crippen LogP contribution in [0.15, 0.2) is 72.8 Å². The van der Waals surface area contributed by atoms with Crippen LogP contribution in [0.4, 0.5) is 0 Å². The van der Waals surface area contributed by atoms with E-state index in [1.807, 2.05) is 107 Å². The third-order valence-electron chi connectivity index (χ3n) is 8.68. The summed E-state index contributed by atoms with van der Waals surface area (Å²) in [7, 11) is -11.0. The van der Waals surface area contributed by atoms with E-state index in [0.29, 0.717) is 19.3 Å². The standard InChI is InChI=1S/C37H53N3O6S3/c1-6-18-47(41,42)38-24-32-10-7-12-34(21-32)26-39(48(43,44)19-16-30(2)3)28-36-14-9-15-37(23-36)29-40(49(45,46)20-17-31(4)5)27-35-13-8-11-33(22-35)25-38/h7-15,21-23,30-31H,6,16-20,24-29H2,1-5H3. The fraction of sp³-hybridized carbons (Fsp3) is 0.514. The van der Waals surface area contributed by atoms with Crippen molar-refractivity contribution >= 4 is 30.1 Å². The van der Waals surface area contributed by atoms with Crippen molar-refractivity contribution in [1.29, 1.82) is 0 Å². The van der Waals surface area contributed by atoms with Crippen molar-refractivity contribution in [2.24, 2.45) is 11.8 Å². The van der Waals surface area contributed by atoms with E-state index in [4.69, 9.17) is 0 Å². The lowest BCUT2D eigenvalue weighted by molar-refractivity contribution is 0.389. The largest absolute Gasteiger partial charge is 0.214 e. The van der Waals surface area contributed by atoms with Crippen LogP contribution in [0.1, 0.15) is 87.3 Å². The fourth-order valence-electron chi connectivity index (χ4n) is 5.87. The van der Waals surface area contributed by atoms with Crippen molar-refractivity contribution in [3.05, 3.63) is 106 Å². The van der Waals surface area contributed by atoms with Crippen LogP contribution in [0, 0.1) is 11.8 Å². The molecule has 4 rings (SSSR count). The van der Waals surface area contributed by atoms with Crippen LogP contribution in [0.2, 0.25) is 0 Å². The zero-order valence-corrected chi connectivity index (χ0v) is 32.0. The zero-order valence-electron chi connectivity index (χ0n) is 29.6. The third kappa shape index (κ3) is 11.7. The van der Waals surface area contributed by atoms with Crippen LogP contribution < -0.4 is 0 Å². The normalized spacial score (nSPS) is 16.5. The summed E-state index contributed by atoms with van der Waals surface area (Å²) in [5.41, 5.74) is 4.58. The molecule has 0 aliphatic carbocycles. The Balaban J connectivity index is 1.84. The van der Waals surface area contributed by atoms with Gasteiger partial charge in [-0.15, -0.1) is 0 Å². The number of nitrogens with zero attached hydrogens (tertiary/aromatic N) is 3. The summed E-state index contributed by atoms with van der Waals surface area (Å²) in [4.78, 5) is 0. The smallest absolute Gasteiger partial charge is 0.212 e. The highest BCUT2D eigenvalue weighted by Gasteiger charge is 2.27. The van der Waals surface area contributed by atoms with Gasteiger partial charge in [0.05, 0.1) is 17.3 Å². The van der Waals surface area contributed by atoms with Crippen LogP contribution in [0.3, 0.4) is 0 Å². The third-order valence-corrected chi connectivity index (χ3v) is 14.2. The van der Waals surface area contributed by atoms with Gasteiger partial charge in [0.2, 0.25) is 30.1 Å². The van der Waals surface area contributed by atoms with Crippen molar-refractivity contribution in [3.63, 3.8) is 0 Å². The van der Waals surface area contributed by atoms with Gasteiger partial charge in [0.15, 0.2) is 0 Å². The van der Waals surface area contributed by atoms with Crippen molar-refractivity contribution in [2.45, 2.75) is 93.1 Å². The highest BCUT2D eigenvalue weighted by Crippen LogP contribution is 2.24. The zero-order chi connectivity index (χ0) is 35.8. The highest BCUT2D eigenvalue weighted by atomic mass is 32.2. The second-order valence-electron chi connectivity index (χ2n) is 14.1. The van der Waals surface area contributed by atoms with Gasteiger partial charge in [-0.25, -0.2) is 25.3 Å². The number of hydrogen-bond donors (Lipinski definition) is 0. The Morgan fingerprint density at radius 1 is 0.469 bits per heavy atom. The summed E-state index contributed by atoms with van der Waals surface area (Å²) >= 11 is 0. The Morgan fingerprint density at radius 2 is 0.714 bits per heavy atom. The molecule has 0 saturated heterocycles. The first-order valence-electron chi connectivity index (χ1n) is 17.2. The van der Waals surface area contributed by atoms with E-state index in [9.17, 15) is 25.3 Å². The van der Waals surface area contributed by atoms with Gasteiger partial charge in [0.25, 0.3) is 0 Å². The molecule has 0 unspecified atom stereocenters. The maximum absolute atomic E-state index is 13.8. The number of sulfonamides is 3. The van der Waals surface area contributed by atoms with Gasteiger partial charge in [-0.05, 0) is 64.5 Å². The first kappa shape index (κ1) is 39.2. The summed E-state index contributed by atoms with van der Waals surface area (Å²) in [5.74, 6) is 0.426. The highest BCUT2D eigenvalue weighted by molar-refractivity contribution is 7.89. The molecule has 12 heteroatoms. The van der Waals surface area contributed by atoms with Gasteiger partial charge in [0.1, 0.15) is 0 Å². The molecule has 3 aromatic carbocycles. The monoisotopic (exact) mass is 731 g/mol. The number of rotatable bonds is 11. The van der Waals surface area contributed by atoms with Gasteiger partial charge in [-0.2, -0.15) is 12.9 Å². The van der Waals surface area contributed by atoms with Gasteiger partial charge < -0.3 is 0 Å². The molecular formula is C37H53N3O6S3. The molecule has 49 heavy (non-hydrogen) atoms. The number of fused-ring (bicyclic) bond motifs is 6. The predicted octanol–water partition coefficient (Wildman–Crippen LogP) is 6.50. The van der Waals surface area contributed by atoms with Gasteiger partial charge >= 0.3 is 0 Å². The molecule has 6 bridgehead atoms. The van der Waals surface area contributed by atoms with Crippen LogP contribution in [-0.2, 0) is 69.3 Å². The molecule has 0 atom stereocenters. The second kappa shape index (κ2) is 17.1. The average Bonchev–Trinajstić information content (AvgIpc) is 3.02. The Hall–Kier alpha value is -2.61. The minimum Gasteiger partial charge on any atom is -0.212 e. The molecule has 1 aliphatic rings. The molecule has 9 nitrogen and oxygen atoms in total. The van der Waals surface area contributed by atoms with E-state index in [0.717, 1.165) is 33.4 Å². The number of hydrogen-bond acceptors (Lipinski definition) is 6. The topological polar surface area (TPSA) is 112 Å². The van der Waals surface area contributed by atoms with Crippen molar-refractivity contribution < 1.29 is 25.3 Å². The van der Waals surface area contributed by atoms with E-state index in [1.165, 1.54) is 12.9 Å². The predicted molar refractivity (Wildman–Crippen MR) is 198 cm³/mol. The molecule has 1 heterocycles. The molecule has 1 aliphatic heterocycles. The van der Waals surface area contributed by atoms with Crippen molar-refractivity contribution in [1.82, 2.24) is 12.9 Å². The van der Waals surface area contributed by atoms with Gasteiger partial charge in [-0.3, -0.25) is 0 Å². The minimum absolute atomic E-state index is 0.00608. The average molecular weight is 732 g/mol. The Kier molecular flexibility index (Phi) is 13.6. The summed E-state index contributed by atoms with van der Waals surface area (Å²) in [6.07, 6.45) is 1.50. The summed E-state index contributed by atoms with van der Waals surface area (Å²) in [5, 5.41) is 0. The molecule has 0 N–H and O–H groups in total. The van der Waals surface area contributed by atoms with Gasteiger partial charge in [0, 0.05) is 39.3 Å². The van der Waals surface area contributed by atoms with E-state index >= 15 is 0 Å². The van der Waals surface area contributed by atoms with Crippen molar-refractivity contribution in [3.8, 4) is 0 Å². The lowest BCUT2D eigenvalue weighted by Crippen LogP contribution is -2.34. The molecule has 0 spiro atoms. The van der Waals surface area contributed by atoms with E-state index < -0.39 is 30.1 Å². The Morgan fingerprint density at radius 3 is 0.939 bits per heavy atom. The molecule has 0 radical (unpaired) electrons. The van der Waals surface area contributed by atoms with Crippen LogP contribution in [0.25, 0.3) is 0 Å².